The summed E-state index contributed by atoms with van der Waals surface area (Å²) in [6, 6.07) is 42.2. The Bertz CT molecular complexity index is 2670. The molecule has 0 aromatic heterocycles. The number of hydrogen-bond acceptors (Lipinski definition) is 9. The largest absolute Gasteiger partial charge is 0.508 e. The standard InChI is InChI=1S/C55H46Cl2N2O11/c56-39-23-19-37(20-24-39)35-15-9-33(10-16-35)13-27-47(45(53(64)65)29-31-58-49(60)41-5-1-2-6-42(41)50(58)61)69-55(68)70-48(28-14-34-11-17-36(18-12-34)38-21-25-40(57)26-22-38)46(54(66)67)30-32-59-51(62)43-7-3-4-8-44(43)52(59)63/h1-12,15-26,45-48H,13-14,27-32H2,(H,64,65)(H,66,67)/t45-,46-,47-,48-/m1/s1. The molecule has 0 bridgehead atoms. The zero-order valence-electron chi connectivity index (χ0n) is 37.5. The predicted molar refractivity (Wildman–Crippen MR) is 261 cm³/mol. The Balaban J connectivity index is 1.03. The van der Waals surface area contributed by atoms with Gasteiger partial charge in [-0.3, -0.25) is 38.6 Å². The van der Waals surface area contributed by atoms with Crippen molar-refractivity contribution in [2.24, 2.45) is 11.8 Å². The van der Waals surface area contributed by atoms with Gasteiger partial charge in [-0.25, -0.2) is 4.79 Å². The molecule has 0 spiro atoms. The first kappa shape index (κ1) is 48.8. The first-order valence-corrected chi connectivity index (χ1v) is 23.4. The fourth-order valence-electron chi connectivity index (χ4n) is 8.95. The average molecular weight is 982 g/mol. The number of fused-ring (bicyclic) bond motifs is 2. The van der Waals surface area contributed by atoms with Crippen LogP contribution in [0.15, 0.2) is 146 Å². The van der Waals surface area contributed by atoms with E-state index >= 15 is 0 Å². The summed E-state index contributed by atoms with van der Waals surface area (Å²) in [5.74, 6) is -7.95. The molecule has 2 N–H and O–H groups in total. The summed E-state index contributed by atoms with van der Waals surface area (Å²) < 4.78 is 11.8. The Hall–Kier alpha value is -7.61. The molecule has 2 heterocycles. The van der Waals surface area contributed by atoms with Crippen molar-refractivity contribution in [3.05, 3.63) is 189 Å². The molecule has 0 saturated heterocycles. The fraction of sp³-hybridized carbons (Fsp3) is 0.218. The van der Waals surface area contributed by atoms with E-state index in [1.165, 1.54) is 24.3 Å². The van der Waals surface area contributed by atoms with Crippen LogP contribution in [0.1, 0.15) is 78.2 Å². The first-order valence-electron chi connectivity index (χ1n) is 22.7. The minimum atomic E-state index is -1.45. The highest BCUT2D eigenvalue weighted by Crippen LogP contribution is 2.30. The van der Waals surface area contributed by atoms with E-state index in [-0.39, 0.29) is 73.9 Å². The van der Waals surface area contributed by atoms with Gasteiger partial charge in [-0.15, -0.1) is 0 Å². The van der Waals surface area contributed by atoms with Crippen molar-refractivity contribution in [3.8, 4) is 22.3 Å². The first-order chi connectivity index (χ1) is 33.7. The maximum absolute atomic E-state index is 14.1. The van der Waals surface area contributed by atoms with Crippen molar-refractivity contribution in [1.29, 1.82) is 0 Å². The van der Waals surface area contributed by atoms with Gasteiger partial charge in [-0.05, 0) is 120 Å². The van der Waals surface area contributed by atoms with Crippen LogP contribution in [0.5, 0.6) is 0 Å². The van der Waals surface area contributed by atoms with E-state index in [9.17, 15) is 43.8 Å². The number of hydrogen-bond donors (Lipinski definition) is 2. The fourth-order valence-corrected chi connectivity index (χ4v) is 9.20. The second-order valence-corrected chi connectivity index (χ2v) is 18.0. The number of aryl methyl sites for hydroxylation is 2. The number of carboxylic acids is 2. The summed E-state index contributed by atoms with van der Waals surface area (Å²) in [6.07, 6.45) is -4.33. The van der Waals surface area contributed by atoms with Gasteiger partial charge in [0.2, 0.25) is 0 Å². The Morgan fingerprint density at radius 2 is 0.714 bits per heavy atom. The molecule has 13 nitrogen and oxygen atoms in total. The molecule has 15 heteroatoms. The maximum atomic E-state index is 14.1. The molecule has 2 aliphatic heterocycles. The Kier molecular flexibility index (Phi) is 15.2. The van der Waals surface area contributed by atoms with Crippen LogP contribution in [0, 0.1) is 11.8 Å². The van der Waals surface area contributed by atoms with Gasteiger partial charge in [0, 0.05) is 23.1 Å². The van der Waals surface area contributed by atoms with E-state index in [2.05, 4.69) is 0 Å². The molecule has 0 fully saturated rings. The molecule has 2 aliphatic rings. The van der Waals surface area contributed by atoms with Crippen molar-refractivity contribution in [2.75, 3.05) is 13.1 Å². The van der Waals surface area contributed by atoms with Gasteiger partial charge in [0.05, 0.1) is 34.1 Å². The van der Waals surface area contributed by atoms with E-state index < -0.39 is 65.8 Å². The average Bonchev–Trinajstić information content (AvgIpc) is 3.75. The molecule has 0 saturated carbocycles. The molecule has 70 heavy (non-hydrogen) atoms. The van der Waals surface area contributed by atoms with E-state index in [0.29, 0.717) is 10.0 Å². The summed E-state index contributed by atoms with van der Waals surface area (Å²) in [7, 11) is 0. The van der Waals surface area contributed by atoms with Gasteiger partial charge < -0.3 is 19.7 Å². The second kappa shape index (κ2) is 21.8. The van der Waals surface area contributed by atoms with E-state index in [4.69, 9.17) is 32.7 Å². The van der Waals surface area contributed by atoms with Gasteiger partial charge in [0.15, 0.2) is 0 Å². The van der Waals surface area contributed by atoms with Gasteiger partial charge in [0.25, 0.3) is 23.6 Å². The van der Waals surface area contributed by atoms with Crippen LogP contribution in [0.4, 0.5) is 4.79 Å². The van der Waals surface area contributed by atoms with Crippen LogP contribution >= 0.6 is 23.2 Å². The Labute approximate surface area is 413 Å². The SMILES string of the molecule is O=C(O[C@H](CCc1ccc(-c2ccc(Cl)cc2)cc1)[C@@H](CCN1C(=O)c2ccccc2C1=O)C(=O)O)O[C@H](CCc1ccc(-c2ccc(Cl)cc2)cc1)[C@@H](CCN1C(=O)c2ccccc2C1=O)C(=O)O. The number of aliphatic carboxylic acids is 2. The van der Waals surface area contributed by atoms with E-state index in [1.54, 1.807) is 48.5 Å². The minimum Gasteiger partial charge on any atom is -0.481 e. The second-order valence-electron chi connectivity index (χ2n) is 17.1. The van der Waals surface area contributed by atoms with Crippen LogP contribution in [0.3, 0.4) is 0 Å². The lowest BCUT2D eigenvalue weighted by molar-refractivity contribution is -0.149. The highest BCUT2D eigenvalue weighted by atomic mass is 35.5. The summed E-state index contributed by atoms with van der Waals surface area (Å²) in [5.41, 5.74) is 5.98. The third-order valence-electron chi connectivity index (χ3n) is 12.8. The van der Waals surface area contributed by atoms with E-state index in [0.717, 1.165) is 43.2 Å². The monoisotopic (exact) mass is 980 g/mol. The lowest BCUT2D eigenvalue weighted by Gasteiger charge is -2.28. The maximum Gasteiger partial charge on any atom is 0.508 e. The number of halogens is 2. The van der Waals surface area contributed by atoms with Crippen LogP contribution in [0.2, 0.25) is 10.0 Å². The molecule has 0 radical (unpaired) electrons. The lowest BCUT2D eigenvalue weighted by Crippen LogP contribution is -2.40. The molecule has 0 aliphatic carbocycles. The number of nitrogens with zero attached hydrogens (tertiary/aromatic N) is 2. The number of carbonyl (C=O) groups is 7. The highest BCUT2D eigenvalue weighted by Gasteiger charge is 2.41. The zero-order chi connectivity index (χ0) is 49.5. The molecular weight excluding hydrogens is 936 g/mol. The van der Waals surface area contributed by atoms with Crippen molar-refractivity contribution in [1.82, 2.24) is 9.80 Å². The minimum absolute atomic E-state index is 0.0405. The third kappa shape index (κ3) is 11.1. The normalized spacial score (nSPS) is 14.7. The van der Waals surface area contributed by atoms with Crippen molar-refractivity contribution in [3.63, 3.8) is 0 Å². The Morgan fingerprint density at radius 3 is 1.00 bits per heavy atom. The summed E-state index contributed by atoms with van der Waals surface area (Å²) in [6.45, 7) is -0.599. The number of carbonyl (C=O) groups excluding carboxylic acids is 5. The van der Waals surface area contributed by atoms with Crippen LogP contribution in [-0.2, 0) is 31.9 Å². The topological polar surface area (TPSA) is 185 Å². The van der Waals surface area contributed by atoms with Crippen LogP contribution < -0.4 is 0 Å². The highest BCUT2D eigenvalue weighted by molar-refractivity contribution is 6.31. The number of rotatable bonds is 20. The summed E-state index contributed by atoms with van der Waals surface area (Å²) in [5, 5.41) is 22.5. The predicted octanol–water partition coefficient (Wildman–Crippen LogP) is 10.6. The molecule has 4 amide bonds. The van der Waals surface area contributed by atoms with Crippen molar-refractivity contribution in [2.45, 2.75) is 50.7 Å². The van der Waals surface area contributed by atoms with Gasteiger partial charge in [-0.2, -0.15) is 0 Å². The number of carboxylic acid groups (broad SMARTS) is 2. The van der Waals surface area contributed by atoms with E-state index in [1.807, 2.05) is 72.8 Å². The molecule has 0 unspecified atom stereocenters. The Morgan fingerprint density at radius 1 is 0.429 bits per heavy atom. The molecule has 4 atom stereocenters. The van der Waals surface area contributed by atoms with Gasteiger partial charge >= 0.3 is 18.1 Å². The van der Waals surface area contributed by atoms with Crippen LogP contribution in [0.25, 0.3) is 22.3 Å². The molecule has 6 aromatic carbocycles. The number of imide groups is 2. The summed E-state index contributed by atoms with van der Waals surface area (Å²) in [4.78, 5) is 95.4. The molecule has 8 rings (SSSR count). The van der Waals surface area contributed by atoms with Crippen molar-refractivity contribution >= 4 is 64.9 Å². The number of benzene rings is 6. The lowest BCUT2D eigenvalue weighted by atomic mass is 9.92. The van der Waals surface area contributed by atoms with Gasteiger partial charge in [0.1, 0.15) is 12.2 Å². The van der Waals surface area contributed by atoms with Crippen LogP contribution in [-0.4, -0.2) is 87.0 Å². The van der Waals surface area contributed by atoms with Crippen molar-refractivity contribution < 1.29 is 53.2 Å². The quantitative estimate of drug-likeness (QED) is 0.0548. The zero-order valence-corrected chi connectivity index (χ0v) is 39.1. The molecule has 356 valence electrons. The number of amides is 4. The molecule has 6 aromatic rings. The number of ether oxygens (including phenoxy) is 2. The smallest absolute Gasteiger partial charge is 0.481 e. The third-order valence-corrected chi connectivity index (χ3v) is 13.3. The van der Waals surface area contributed by atoms with Gasteiger partial charge in [-0.1, -0.05) is 120 Å². The summed E-state index contributed by atoms with van der Waals surface area (Å²) >= 11 is 12.2. The molecular formula is C55H46Cl2N2O11.